The molecule has 5 nitrogen and oxygen atoms in total. The van der Waals surface area contributed by atoms with E-state index in [0.717, 1.165) is 30.0 Å². The Balaban J connectivity index is 1.41. The van der Waals surface area contributed by atoms with Crippen LogP contribution in [-0.2, 0) is 16.1 Å². The molecule has 2 aromatic carbocycles. The van der Waals surface area contributed by atoms with Gasteiger partial charge in [-0.2, -0.15) is 0 Å². The van der Waals surface area contributed by atoms with E-state index < -0.39 is 0 Å². The lowest BCUT2D eigenvalue weighted by Crippen LogP contribution is -2.31. The summed E-state index contributed by atoms with van der Waals surface area (Å²) >= 11 is 0. The fourth-order valence-corrected chi connectivity index (χ4v) is 4.13. The van der Waals surface area contributed by atoms with Crippen LogP contribution in [0.3, 0.4) is 0 Å². The number of amides is 2. The van der Waals surface area contributed by atoms with Crippen molar-refractivity contribution in [1.29, 1.82) is 0 Å². The average Bonchev–Trinajstić information content (AvgIpc) is 3.10. The minimum atomic E-state index is -0.300. The lowest BCUT2D eigenvalue weighted by Gasteiger charge is -2.30. The van der Waals surface area contributed by atoms with Crippen LogP contribution in [-0.4, -0.2) is 36.3 Å². The van der Waals surface area contributed by atoms with Gasteiger partial charge in [-0.05, 0) is 37.0 Å². The highest BCUT2D eigenvalue weighted by Crippen LogP contribution is 2.29. The molecule has 1 atom stereocenters. The third-order valence-electron chi connectivity index (χ3n) is 5.66. The summed E-state index contributed by atoms with van der Waals surface area (Å²) in [5, 5.41) is 3.10. The van der Waals surface area contributed by atoms with Crippen molar-refractivity contribution in [3.63, 3.8) is 0 Å². The first kappa shape index (κ1) is 18.5. The van der Waals surface area contributed by atoms with Gasteiger partial charge in [0.1, 0.15) is 0 Å². The predicted octanol–water partition coefficient (Wildman–Crippen LogP) is 3.66. The van der Waals surface area contributed by atoms with Crippen molar-refractivity contribution in [3.05, 3.63) is 60.2 Å². The second kappa shape index (κ2) is 8.46. The molecule has 1 N–H and O–H groups in total. The van der Waals surface area contributed by atoms with Crippen molar-refractivity contribution >= 4 is 23.2 Å². The first-order valence-corrected chi connectivity index (χ1v) is 10.2. The number of carbonyl (C=O) groups excluding carboxylic acids is 2. The van der Waals surface area contributed by atoms with Crippen LogP contribution in [0.1, 0.15) is 31.2 Å². The van der Waals surface area contributed by atoms with Crippen molar-refractivity contribution in [2.75, 3.05) is 29.9 Å². The van der Waals surface area contributed by atoms with Gasteiger partial charge in [-0.15, -0.1) is 0 Å². The van der Waals surface area contributed by atoms with Gasteiger partial charge in [-0.25, -0.2) is 0 Å². The quantitative estimate of drug-likeness (QED) is 0.865. The predicted molar refractivity (Wildman–Crippen MR) is 111 cm³/mol. The highest BCUT2D eigenvalue weighted by atomic mass is 16.2. The monoisotopic (exact) mass is 377 g/mol. The SMILES string of the molecule is O=C(Nc1ccccc1N1CCCCC1)C1CC(=O)N(Cc2ccccc2)C1. The number of nitrogens with one attached hydrogen (secondary N) is 1. The van der Waals surface area contributed by atoms with Crippen LogP contribution in [0, 0.1) is 5.92 Å². The maximum Gasteiger partial charge on any atom is 0.229 e. The Bertz CT molecular complexity index is 831. The van der Waals surface area contributed by atoms with Crippen LogP contribution in [0.4, 0.5) is 11.4 Å². The fraction of sp³-hybridized carbons (Fsp3) is 0.391. The number of likely N-dealkylation sites (tertiary alicyclic amines) is 1. The molecule has 0 saturated carbocycles. The molecule has 2 saturated heterocycles. The lowest BCUT2D eigenvalue weighted by molar-refractivity contribution is -0.128. The zero-order valence-corrected chi connectivity index (χ0v) is 16.1. The molecule has 0 spiro atoms. The van der Waals surface area contributed by atoms with Crippen molar-refractivity contribution in [2.24, 2.45) is 5.92 Å². The van der Waals surface area contributed by atoms with E-state index in [4.69, 9.17) is 0 Å². The van der Waals surface area contributed by atoms with Crippen LogP contribution < -0.4 is 10.2 Å². The van der Waals surface area contributed by atoms with Gasteiger partial charge in [0.2, 0.25) is 11.8 Å². The standard InChI is InChI=1S/C23H27N3O2/c27-22-15-19(17-26(22)16-18-9-3-1-4-10-18)23(28)24-20-11-5-6-12-21(20)25-13-7-2-8-14-25/h1,3-6,9-12,19H,2,7-8,13-17H2,(H,24,28). The number of anilines is 2. The Morgan fingerprint density at radius 1 is 0.964 bits per heavy atom. The van der Waals surface area contributed by atoms with E-state index >= 15 is 0 Å². The molecule has 2 aliphatic heterocycles. The third kappa shape index (κ3) is 4.19. The molecule has 0 aliphatic carbocycles. The minimum absolute atomic E-state index is 0.0494. The number of hydrogen-bond donors (Lipinski definition) is 1. The molecule has 5 heteroatoms. The first-order valence-electron chi connectivity index (χ1n) is 10.2. The molecule has 2 fully saturated rings. The topological polar surface area (TPSA) is 52.7 Å². The van der Waals surface area contributed by atoms with Gasteiger partial charge in [0.15, 0.2) is 0 Å². The number of para-hydroxylation sites is 2. The number of benzene rings is 2. The Morgan fingerprint density at radius 3 is 2.46 bits per heavy atom. The first-order chi connectivity index (χ1) is 13.7. The Labute approximate surface area is 166 Å². The lowest BCUT2D eigenvalue weighted by atomic mass is 10.1. The number of hydrogen-bond acceptors (Lipinski definition) is 3. The molecule has 28 heavy (non-hydrogen) atoms. The van der Waals surface area contributed by atoms with E-state index in [9.17, 15) is 9.59 Å². The normalized spacial score (nSPS) is 19.7. The van der Waals surface area contributed by atoms with Crippen LogP contribution in [0.5, 0.6) is 0 Å². The molecular weight excluding hydrogens is 350 g/mol. The maximum absolute atomic E-state index is 12.9. The van der Waals surface area contributed by atoms with Gasteiger partial charge in [-0.1, -0.05) is 42.5 Å². The van der Waals surface area contributed by atoms with Gasteiger partial charge in [0.25, 0.3) is 0 Å². The highest BCUT2D eigenvalue weighted by Gasteiger charge is 2.34. The fourth-order valence-electron chi connectivity index (χ4n) is 4.13. The molecular formula is C23H27N3O2. The smallest absolute Gasteiger partial charge is 0.229 e. The van der Waals surface area contributed by atoms with E-state index in [2.05, 4.69) is 16.3 Å². The molecule has 1 unspecified atom stereocenters. The summed E-state index contributed by atoms with van der Waals surface area (Å²) in [6, 6.07) is 17.9. The summed E-state index contributed by atoms with van der Waals surface area (Å²) in [5.74, 6) is -0.313. The third-order valence-corrected chi connectivity index (χ3v) is 5.66. The van der Waals surface area contributed by atoms with Gasteiger partial charge in [0.05, 0.1) is 17.3 Å². The number of rotatable bonds is 5. The molecule has 0 radical (unpaired) electrons. The summed E-state index contributed by atoms with van der Waals surface area (Å²) in [7, 11) is 0. The molecule has 0 aromatic heterocycles. The zero-order valence-electron chi connectivity index (χ0n) is 16.1. The molecule has 146 valence electrons. The summed E-state index contributed by atoms with van der Waals surface area (Å²) in [4.78, 5) is 29.4. The van der Waals surface area contributed by atoms with E-state index in [1.165, 1.54) is 19.3 Å². The molecule has 2 amide bonds. The van der Waals surface area contributed by atoms with Crippen molar-refractivity contribution in [1.82, 2.24) is 4.90 Å². The van der Waals surface area contributed by atoms with E-state index in [-0.39, 0.29) is 24.2 Å². The van der Waals surface area contributed by atoms with Crippen molar-refractivity contribution in [3.8, 4) is 0 Å². The number of carbonyl (C=O) groups is 2. The largest absolute Gasteiger partial charge is 0.370 e. The van der Waals surface area contributed by atoms with Gasteiger partial charge in [-0.3, -0.25) is 9.59 Å². The number of nitrogens with zero attached hydrogens (tertiary/aromatic N) is 2. The van der Waals surface area contributed by atoms with Gasteiger partial charge in [0, 0.05) is 32.6 Å². The Morgan fingerprint density at radius 2 is 1.68 bits per heavy atom. The second-order valence-corrected chi connectivity index (χ2v) is 7.72. The van der Waals surface area contributed by atoms with Crippen molar-refractivity contribution < 1.29 is 9.59 Å². The van der Waals surface area contributed by atoms with Crippen molar-refractivity contribution in [2.45, 2.75) is 32.2 Å². The summed E-state index contributed by atoms with van der Waals surface area (Å²) in [6.45, 7) is 3.10. The molecule has 2 heterocycles. The summed E-state index contributed by atoms with van der Waals surface area (Å²) in [5.41, 5.74) is 3.02. The molecule has 2 aromatic rings. The number of piperidine rings is 1. The maximum atomic E-state index is 12.9. The Kier molecular flexibility index (Phi) is 5.60. The van der Waals surface area contributed by atoms with Crippen LogP contribution in [0.15, 0.2) is 54.6 Å². The van der Waals surface area contributed by atoms with E-state index in [1.807, 2.05) is 48.5 Å². The van der Waals surface area contributed by atoms with Gasteiger partial charge < -0.3 is 15.1 Å². The minimum Gasteiger partial charge on any atom is -0.370 e. The molecule has 0 bridgehead atoms. The average molecular weight is 377 g/mol. The highest BCUT2D eigenvalue weighted by molar-refractivity contribution is 5.99. The molecule has 4 rings (SSSR count). The van der Waals surface area contributed by atoms with Gasteiger partial charge >= 0.3 is 0 Å². The van der Waals surface area contributed by atoms with Crippen LogP contribution in [0.25, 0.3) is 0 Å². The second-order valence-electron chi connectivity index (χ2n) is 7.72. The van der Waals surface area contributed by atoms with E-state index in [0.29, 0.717) is 13.1 Å². The summed E-state index contributed by atoms with van der Waals surface area (Å²) in [6.07, 6.45) is 3.93. The van der Waals surface area contributed by atoms with Crippen LogP contribution in [0.2, 0.25) is 0 Å². The Hall–Kier alpha value is -2.82. The molecule has 2 aliphatic rings. The zero-order chi connectivity index (χ0) is 19.3. The summed E-state index contributed by atoms with van der Waals surface area (Å²) < 4.78 is 0. The van der Waals surface area contributed by atoms with E-state index in [1.54, 1.807) is 4.90 Å². The van der Waals surface area contributed by atoms with Crippen LogP contribution >= 0.6 is 0 Å².